The van der Waals surface area contributed by atoms with Gasteiger partial charge >= 0.3 is 0 Å². The van der Waals surface area contributed by atoms with Crippen molar-refractivity contribution < 1.29 is 22.7 Å². The number of imidazole rings is 1. The van der Waals surface area contributed by atoms with Gasteiger partial charge in [0.1, 0.15) is 17.0 Å². The van der Waals surface area contributed by atoms with Crippen molar-refractivity contribution in [2.75, 3.05) is 23.8 Å². The Labute approximate surface area is 211 Å². The molecule has 1 saturated heterocycles. The normalized spacial score (nSPS) is 23.8. The zero-order valence-corrected chi connectivity index (χ0v) is 20.1. The number of carbonyl (C=O) groups is 1. The van der Waals surface area contributed by atoms with Gasteiger partial charge in [-0.1, -0.05) is 0 Å². The molecule has 2 saturated carbocycles. The van der Waals surface area contributed by atoms with E-state index in [4.69, 9.17) is 9.72 Å². The molecule has 9 nitrogen and oxygen atoms in total. The van der Waals surface area contributed by atoms with Gasteiger partial charge in [-0.2, -0.15) is 4.98 Å². The summed E-state index contributed by atoms with van der Waals surface area (Å²) in [5.74, 6) is -2.51. The maximum absolute atomic E-state index is 14.5. The molecule has 3 N–H and O–H groups in total. The number of anilines is 3. The van der Waals surface area contributed by atoms with E-state index in [1.165, 1.54) is 0 Å². The number of nitrogens with zero attached hydrogens (tertiary/aromatic N) is 4. The minimum absolute atomic E-state index is 0.0655. The van der Waals surface area contributed by atoms with Gasteiger partial charge in [-0.25, -0.2) is 23.1 Å². The van der Waals surface area contributed by atoms with Crippen LogP contribution in [-0.2, 0) is 9.53 Å². The first-order valence-corrected chi connectivity index (χ1v) is 12.8. The van der Waals surface area contributed by atoms with Gasteiger partial charge in [0.15, 0.2) is 17.3 Å². The number of ether oxygens (including phenoxy) is 1. The molecule has 0 spiro atoms. The molecule has 37 heavy (non-hydrogen) atoms. The van der Waals surface area contributed by atoms with Crippen molar-refractivity contribution in [2.45, 2.75) is 63.1 Å². The minimum atomic E-state index is -1.06. The van der Waals surface area contributed by atoms with Gasteiger partial charge in [0.2, 0.25) is 17.8 Å². The summed E-state index contributed by atoms with van der Waals surface area (Å²) >= 11 is 0. The molecule has 196 valence electrons. The van der Waals surface area contributed by atoms with Crippen molar-refractivity contribution in [3.05, 3.63) is 35.8 Å². The van der Waals surface area contributed by atoms with Crippen molar-refractivity contribution in [3.8, 4) is 0 Å². The van der Waals surface area contributed by atoms with Crippen LogP contribution in [0.5, 0.6) is 0 Å². The predicted molar refractivity (Wildman–Crippen MR) is 130 cm³/mol. The topological polar surface area (TPSA) is 106 Å². The third-order valence-electron chi connectivity index (χ3n) is 7.30. The lowest BCUT2D eigenvalue weighted by Gasteiger charge is -2.30. The van der Waals surface area contributed by atoms with E-state index in [0.717, 1.165) is 19.3 Å². The van der Waals surface area contributed by atoms with Crippen molar-refractivity contribution in [2.24, 2.45) is 5.92 Å². The number of nitrogens with one attached hydrogen (secondary N) is 3. The molecular weight excluding hydrogens is 487 g/mol. The molecule has 3 aliphatic rings. The van der Waals surface area contributed by atoms with Crippen LogP contribution >= 0.6 is 0 Å². The van der Waals surface area contributed by atoms with E-state index in [-0.39, 0.29) is 29.9 Å². The van der Waals surface area contributed by atoms with Gasteiger partial charge < -0.3 is 20.7 Å². The SMILES string of the molecule is O=C(NC1CC1)C1CCC(n2c(Nc3c(F)cc(F)cc3F)nc3cnc(NC4CCOC4)nc32)CC1. The summed E-state index contributed by atoms with van der Waals surface area (Å²) in [4.78, 5) is 26.2. The van der Waals surface area contributed by atoms with E-state index >= 15 is 0 Å². The number of hydrogen-bond acceptors (Lipinski definition) is 7. The Hall–Kier alpha value is -3.41. The first-order valence-electron chi connectivity index (χ1n) is 12.8. The quantitative estimate of drug-likeness (QED) is 0.433. The third-order valence-corrected chi connectivity index (χ3v) is 7.30. The molecular formula is C25H28F3N7O2. The summed E-state index contributed by atoms with van der Waals surface area (Å²) < 4.78 is 49.7. The number of carbonyl (C=O) groups excluding carboxylic acids is 1. The minimum Gasteiger partial charge on any atom is -0.379 e. The largest absolute Gasteiger partial charge is 0.379 e. The monoisotopic (exact) mass is 515 g/mol. The second kappa shape index (κ2) is 9.81. The first-order chi connectivity index (χ1) is 17.9. The summed E-state index contributed by atoms with van der Waals surface area (Å²) in [5, 5.41) is 9.08. The van der Waals surface area contributed by atoms with Crippen LogP contribution in [0.4, 0.5) is 30.8 Å². The van der Waals surface area contributed by atoms with E-state index in [1.54, 1.807) is 6.20 Å². The molecule has 1 unspecified atom stereocenters. The van der Waals surface area contributed by atoms with Crippen LogP contribution < -0.4 is 16.0 Å². The highest BCUT2D eigenvalue weighted by Crippen LogP contribution is 2.38. The van der Waals surface area contributed by atoms with Gasteiger partial charge in [0.05, 0.1) is 18.8 Å². The lowest BCUT2D eigenvalue weighted by atomic mass is 9.85. The summed E-state index contributed by atoms with van der Waals surface area (Å²) in [6, 6.07) is 1.53. The van der Waals surface area contributed by atoms with Crippen LogP contribution in [0, 0.1) is 23.4 Å². The second-order valence-electron chi connectivity index (χ2n) is 10.1. The number of fused-ring (bicyclic) bond motifs is 1. The van der Waals surface area contributed by atoms with Gasteiger partial charge in [0, 0.05) is 36.7 Å². The van der Waals surface area contributed by atoms with E-state index in [9.17, 15) is 18.0 Å². The average Bonchev–Trinajstić information content (AvgIpc) is 3.40. The number of rotatable bonds is 7. The number of hydrogen-bond donors (Lipinski definition) is 3. The molecule has 3 heterocycles. The van der Waals surface area contributed by atoms with Crippen LogP contribution in [0.3, 0.4) is 0 Å². The predicted octanol–water partition coefficient (Wildman–Crippen LogP) is 4.20. The molecule has 12 heteroatoms. The second-order valence-corrected chi connectivity index (χ2v) is 10.1. The smallest absolute Gasteiger partial charge is 0.225 e. The zero-order valence-electron chi connectivity index (χ0n) is 20.1. The number of amides is 1. The van der Waals surface area contributed by atoms with Crippen molar-refractivity contribution in [1.82, 2.24) is 24.8 Å². The lowest BCUT2D eigenvalue weighted by Crippen LogP contribution is -2.35. The van der Waals surface area contributed by atoms with Gasteiger partial charge in [0.25, 0.3) is 0 Å². The summed E-state index contributed by atoms with van der Waals surface area (Å²) in [5.41, 5.74) is 0.463. The van der Waals surface area contributed by atoms with E-state index < -0.39 is 23.1 Å². The lowest BCUT2D eigenvalue weighted by molar-refractivity contribution is -0.126. The highest BCUT2D eigenvalue weighted by molar-refractivity contribution is 5.79. The molecule has 0 radical (unpaired) electrons. The van der Waals surface area contributed by atoms with Gasteiger partial charge in [-0.3, -0.25) is 9.36 Å². The van der Waals surface area contributed by atoms with E-state index in [0.29, 0.717) is 74.2 Å². The molecule has 3 aromatic rings. The maximum atomic E-state index is 14.5. The van der Waals surface area contributed by atoms with E-state index in [1.807, 2.05) is 4.57 Å². The fourth-order valence-corrected chi connectivity index (χ4v) is 5.14. The Bertz CT molecular complexity index is 1290. The molecule has 2 aromatic heterocycles. The Balaban J connectivity index is 1.32. The van der Waals surface area contributed by atoms with E-state index in [2.05, 4.69) is 25.9 Å². The van der Waals surface area contributed by atoms with Crippen LogP contribution in [-0.4, -0.2) is 50.7 Å². The first kappa shape index (κ1) is 24.0. The van der Waals surface area contributed by atoms with Gasteiger partial charge in [-0.15, -0.1) is 0 Å². The van der Waals surface area contributed by atoms with Crippen LogP contribution in [0.1, 0.15) is 51.0 Å². The van der Waals surface area contributed by atoms with Crippen LogP contribution in [0.2, 0.25) is 0 Å². The Morgan fingerprint density at radius 2 is 1.73 bits per heavy atom. The molecule has 1 amide bonds. The number of benzene rings is 1. The Morgan fingerprint density at radius 3 is 2.41 bits per heavy atom. The molecule has 6 rings (SSSR count). The Morgan fingerprint density at radius 1 is 0.973 bits per heavy atom. The van der Waals surface area contributed by atoms with Crippen molar-refractivity contribution in [1.29, 1.82) is 0 Å². The molecule has 1 aromatic carbocycles. The highest BCUT2D eigenvalue weighted by atomic mass is 19.1. The fraction of sp³-hybridized carbons (Fsp3) is 0.520. The van der Waals surface area contributed by atoms with Crippen molar-refractivity contribution in [3.63, 3.8) is 0 Å². The number of halogens is 3. The summed E-state index contributed by atoms with van der Waals surface area (Å²) in [7, 11) is 0. The summed E-state index contributed by atoms with van der Waals surface area (Å²) in [6.07, 6.45) is 7.17. The van der Waals surface area contributed by atoms with Crippen LogP contribution in [0.15, 0.2) is 18.3 Å². The van der Waals surface area contributed by atoms with Gasteiger partial charge in [-0.05, 0) is 44.9 Å². The maximum Gasteiger partial charge on any atom is 0.225 e. The fourth-order valence-electron chi connectivity index (χ4n) is 5.14. The van der Waals surface area contributed by atoms with Crippen LogP contribution in [0.25, 0.3) is 11.2 Å². The Kier molecular flexibility index (Phi) is 6.35. The molecule has 1 atom stereocenters. The molecule has 1 aliphatic heterocycles. The molecule has 2 aliphatic carbocycles. The van der Waals surface area contributed by atoms with Crippen molar-refractivity contribution >= 4 is 34.7 Å². The standard InChI is InChI=1S/C25H28F3N7O2/c26-14-9-18(27)21(19(28)10-14)33-25-32-20-11-29-24(31-16-7-8-37-12-16)34-22(20)35(25)17-5-1-13(2-6-17)23(36)30-15-3-4-15/h9-11,13,15-17H,1-8,12H2,(H,30,36)(H,32,33)(H,29,31,34). The average molecular weight is 516 g/mol. The third kappa shape index (κ3) is 5.07. The highest BCUT2D eigenvalue weighted by Gasteiger charge is 2.33. The molecule has 0 bridgehead atoms. The number of aromatic nitrogens is 4. The summed E-state index contributed by atoms with van der Waals surface area (Å²) in [6.45, 7) is 1.22. The zero-order chi connectivity index (χ0) is 25.5. The molecule has 3 fully saturated rings.